The van der Waals surface area contributed by atoms with E-state index < -0.39 is 0 Å². The molecule has 2 N–H and O–H groups in total. The van der Waals surface area contributed by atoms with Crippen molar-refractivity contribution in [1.82, 2.24) is 9.88 Å². The summed E-state index contributed by atoms with van der Waals surface area (Å²) >= 11 is 1.65. The van der Waals surface area contributed by atoms with Gasteiger partial charge in [-0.3, -0.25) is 9.69 Å². The molecule has 1 saturated heterocycles. The monoisotopic (exact) mass is 301 g/mol. The average molecular weight is 301 g/mol. The van der Waals surface area contributed by atoms with Crippen molar-refractivity contribution in [3.63, 3.8) is 0 Å². The largest absolute Gasteiger partial charge is 0.368 e. The molecular formula is C16H19N3OS. The third kappa shape index (κ3) is 3.31. The molecule has 0 spiro atoms. The molecule has 2 heterocycles. The number of amides is 1. The van der Waals surface area contributed by atoms with Crippen LogP contribution >= 0.6 is 11.3 Å². The van der Waals surface area contributed by atoms with Crippen LogP contribution in [-0.2, 0) is 11.3 Å². The third-order valence-electron chi connectivity index (χ3n) is 3.88. The summed E-state index contributed by atoms with van der Waals surface area (Å²) in [6, 6.07) is 10.0. The highest BCUT2D eigenvalue weighted by atomic mass is 32.1. The number of hydrogen-bond donors (Lipinski definition) is 1. The maximum atomic E-state index is 11.5. The van der Waals surface area contributed by atoms with Gasteiger partial charge in [-0.2, -0.15) is 0 Å². The molecule has 1 aliphatic heterocycles. The van der Waals surface area contributed by atoms with Crippen LogP contribution in [0.2, 0.25) is 0 Å². The van der Waals surface area contributed by atoms with Crippen LogP contribution in [0.25, 0.3) is 10.6 Å². The summed E-state index contributed by atoms with van der Waals surface area (Å²) in [5.74, 6) is -0.215. The van der Waals surface area contributed by atoms with Crippen molar-refractivity contribution in [2.75, 3.05) is 6.54 Å². The van der Waals surface area contributed by atoms with Gasteiger partial charge in [0.05, 0.1) is 11.7 Å². The van der Waals surface area contributed by atoms with Crippen molar-refractivity contribution in [2.24, 2.45) is 5.73 Å². The Morgan fingerprint density at radius 3 is 2.90 bits per heavy atom. The number of aromatic nitrogens is 1. The smallest absolute Gasteiger partial charge is 0.234 e. The highest BCUT2D eigenvalue weighted by Crippen LogP contribution is 2.25. The Kier molecular flexibility index (Phi) is 4.31. The summed E-state index contributed by atoms with van der Waals surface area (Å²) < 4.78 is 0. The second-order valence-electron chi connectivity index (χ2n) is 5.39. The Labute approximate surface area is 128 Å². The number of nitrogens with two attached hydrogens (primary N) is 1. The molecule has 4 nitrogen and oxygen atoms in total. The number of nitrogens with zero attached hydrogens (tertiary/aromatic N) is 2. The van der Waals surface area contributed by atoms with E-state index in [2.05, 4.69) is 22.4 Å². The van der Waals surface area contributed by atoms with Gasteiger partial charge in [-0.1, -0.05) is 36.8 Å². The van der Waals surface area contributed by atoms with Crippen molar-refractivity contribution in [3.8, 4) is 10.6 Å². The lowest BCUT2D eigenvalue weighted by Gasteiger charge is -2.32. The summed E-state index contributed by atoms with van der Waals surface area (Å²) in [6.07, 6.45) is 3.07. The normalized spacial score (nSPS) is 19.5. The maximum Gasteiger partial charge on any atom is 0.234 e. The lowest BCUT2D eigenvalue weighted by molar-refractivity contribution is -0.124. The Balaban J connectivity index is 1.73. The summed E-state index contributed by atoms with van der Waals surface area (Å²) in [7, 11) is 0. The van der Waals surface area contributed by atoms with Gasteiger partial charge in [0, 0.05) is 17.5 Å². The fourth-order valence-corrected chi connectivity index (χ4v) is 3.62. The van der Waals surface area contributed by atoms with Gasteiger partial charge < -0.3 is 5.73 Å². The topological polar surface area (TPSA) is 59.2 Å². The lowest BCUT2D eigenvalue weighted by Crippen LogP contribution is -2.47. The fraction of sp³-hybridized carbons (Fsp3) is 0.375. The van der Waals surface area contributed by atoms with Crippen LogP contribution in [0.4, 0.5) is 0 Å². The van der Waals surface area contributed by atoms with Gasteiger partial charge in [0.1, 0.15) is 5.01 Å². The lowest BCUT2D eigenvalue weighted by atomic mass is 10.0. The van der Waals surface area contributed by atoms with E-state index in [9.17, 15) is 4.79 Å². The number of carbonyl (C=O) groups is 1. The highest BCUT2D eigenvalue weighted by molar-refractivity contribution is 7.13. The number of carbonyl (C=O) groups excluding carboxylic acids is 1. The first-order valence-corrected chi connectivity index (χ1v) is 8.15. The molecule has 1 fully saturated rings. The molecule has 5 heteroatoms. The SMILES string of the molecule is NC(=O)[C@H]1CCCCN1Cc1csc(-c2ccccc2)n1. The van der Waals surface area contributed by atoms with E-state index in [0.717, 1.165) is 42.1 Å². The van der Waals surface area contributed by atoms with Gasteiger partial charge in [-0.25, -0.2) is 4.98 Å². The molecule has 1 aromatic heterocycles. The molecule has 21 heavy (non-hydrogen) atoms. The van der Waals surface area contributed by atoms with Crippen LogP contribution in [0.15, 0.2) is 35.7 Å². The van der Waals surface area contributed by atoms with Crippen molar-refractivity contribution < 1.29 is 4.79 Å². The van der Waals surface area contributed by atoms with Gasteiger partial charge >= 0.3 is 0 Å². The molecule has 0 saturated carbocycles. The number of primary amides is 1. The van der Waals surface area contributed by atoms with E-state index >= 15 is 0 Å². The van der Waals surface area contributed by atoms with Crippen LogP contribution in [-0.4, -0.2) is 28.4 Å². The summed E-state index contributed by atoms with van der Waals surface area (Å²) in [4.78, 5) is 18.4. The predicted molar refractivity (Wildman–Crippen MR) is 84.8 cm³/mol. The number of benzene rings is 1. The van der Waals surface area contributed by atoms with Crippen molar-refractivity contribution in [3.05, 3.63) is 41.4 Å². The standard InChI is InChI=1S/C16H19N3OS/c17-15(20)14-8-4-5-9-19(14)10-13-11-21-16(18-13)12-6-2-1-3-7-12/h1-3,6-7,11,14H,4-5,8-10H2,(H2,17,20)/t14-/m1/s1. The predicted octanol–water partition coefficient (Wildman–Crippen LogP) is 2.65. The first-order chi connectivity index (χ1) is 10.2. The van der Waals surface area contributed by atoms with Crippen molar-refractivity contribution in [1.29, 1.82) is 0 Å². The minimum Gasteiger partial charge on any atom is -0.368 e. The van der Waals surface area contributed by atoms with Gasteiger partial charge in [-0.05, 0) is 19.4 Å². The number of hydrogen-bond acceptors (Lipinski definition) is 4. The zero-order chi connectivity index (χ0) is 14.7. The second-order valence-corrected chi connectivity index (χ2v) is 6.25. The van der Waals surface area contributed by atoms with Crippen LogP contribution < -0.4 is 5.73 Å². The highest BCUT2D eigenvalue weighted by Gasteiger charge is 2.27. The van der Waals surface area contributed by atoms with E-state index in [1.54, 1.807) is 11.3 Å². The molecule has 1 aromatic carbocycles. The summed E-state index contributed by atoms with van der Waals surface area (Å²) in [5, 5.41) is 3.10. The Morgan fingerprint density at radius 2 is 2.14 bits per heavy atom. The number of thiazole rings is 1. The van der Waals surface area contributed by atoms with Crippen molar-refractivity contribution in [2.45, 2.75) is 31.8 Å². The van der Waals surface area contributed by atoms with Gasteiger partial charge in [0.25, 0.3) is 0 Å². The molecular weight excluding hydrogens is 282 g/mol. The molecule has 0 radical (unpaired) electrons. The molecule has 2 aromatic rings. The number of rotatable bonds is 4. The van der Waals surface area contributed by atoms with E-state index in [0.29, 0.717) is 6.54 Å². The van der Waals surface area contributed by atoms with E-state index in [1.165, 1.54) is 0 Å². The molecule has 110 valence electrons. The molecule has 1 aliphatic rings. The molecule has 3 rings (SSSR count). The summed E-state index contributed by atoms with van der Waals surface area (Å²) in [6.45, 7) is 1.63. The Bertz CT molecular complexity index is 611. The van der Waals surface area contributed by atoms with Crippen molar-refractivity contribution >= 4 is 17.2 Å². The zero-order valence-corrected chi connectivity index (χ0v) is 12.7. The number of likely N-dealkylation sites (tertiary alicyclic amines) is 1. The summed E-state index contributed by atoms with van der Waals surface area (Å²) in [5.41, 5.74) is 7.67. The van der Waals surface area contributed by atoms with Gasteiger partial charge in [0.15, 0.2) is 0 Å². The first kappa shape index (κ1) is 14.2. The van der Waals surface area contributed by atoms with Crippen LogP contribution in [0.1, 0.15) is 25.0 Å². The maximum absolute atomic E-state index is 11.5. The van der Waals surface area contributed by atoms with Gasteiger partial charge in [-0.15, -0.1) is 11.3 Å². The Morgan fingerprint density at radius 1 is 1.33 bits per heavy atom. The Hall–Kier alpha value is -1.72. The molecule has 0 bridgehead atoms. The molecule has 0 aliphatic carbocycles. The molecule has 1 atom stereocenters. The zero-order valence-electron chi connectivity index (χ0n) is 11.9. The van der Waals surface area contributed by atoms with Gasteiger partial charge in [0.2, 0.25) is 5.91 Å². The van der Waals surface area contributed by atoms with E-state index in [4.69, 9.17) is 10.7 Å². The average Bonchev–Trinajstić information content (AvgIpc) is 2.97. The van der Waals surface area contributed by atoms with Crippen LogP contribution in [0.3, 0.4) is 0 Å². The third-order valence-corrected chi connectivity index (χ3v) is 4.82. The second kappa shape index (κ2) is 6.37. The minimum absolute atomic E-state index is 0.138. The molecule has 0 unspecified atom stereocenters. The van der Waals surface area contributed by atoms with E-state index in [1.807, 2.05) is 18.2 Å². The quantitative estimate of drug-likeness (QED) is 0.944. The molecule has 1 amide bonds. The van der Waals surface area contributed by atoms with Crippen LogP contribution in [0.5, 0.6) is 0 Å². The number of piperidine rings is 1. The van der Waals surface area contributed by atoms with E-state index in [-0.39, 0.29) is 11.9 Å². The fourth-order valence-electron chi connectivity index (χ4n) is 2.80. The minimum atomic E-state index is -0.215. The van der Waals surface area contributed by atoms with Crippen LogP contribution in [0, 0.1) is 0 Å². The first-order valence-electron chi connectivity index (χ1n) is 7.27.